The van der Waals surface area contributed by atoms with E-state index in [9.17, 15) is 13.2 Å². The van der Waals surface area contributed by atoms with E-state index in [2.05, 4.69) is 20.6 Å². The fraction of sp³-hybridized carbons (Fsp3) is 0.500. The van der Waals surface area contributed by atoms with Crippen molar-refractivity contribution in [3.63, 3.8) is 0 Å². The van der Waals surface area contributed by atoms with Crippen LogP contribution in [0.4, 0.5) is 24.9 Å². The standard InChI is InChI=1S/C12H15F3N4S2/c1-3-7-6-8-9(17-4-5-20-12(13,14)15)18-11(16-2)19-10(8)21-7/h6H,3-5H2,1-2H3,(H2,16,17,18,19). The minimum Gasteiger partial charge on any atom is -0.369 e. The second-order valence-corrected chi connectivity index (χ2v) is 6.43. The largest absolute Gasteiger partial charge is 0.441 e. The molecule has 0 aliphatic carbocycles. The van der Waals surface area contributed by atoms with Crippen LogP contribution in [0.5, 0.6) is 0 Å². The number of nitrogens with zero attached hydrogens (tertiary/aromatic N) is 2. The summed E-state index contributed by atoms with van der Waals surface area (Å²) in [6.45, 7) is 2.24. The van der Waals surface area contributed by atoms with Crippen LogP contribution in [0, 0.1) is 0 Å². The Labute approximate surface area is 128 Å². The van der Waals surface area contributed by atoms with Crippen LogP contribution in [0.25, 0.3) is 10.2 Å². The minimum absolute atomic E-state index is 0.0410. The first-order chi connectivity index (χ1) is 9.93. The molecule has 0 aliphatic heterocycles. The van der Waals surface area contributed by atoms with Crippen LogP contribution in [-0.4, -0.2) is 34.8 Å². The summed E-state index contributed by atoms with van der Waals surface area (Å²) < 4.78 is 36.3. The Morgan fingerprint density at radius 1 is 1.33 bits per heavy atom. The second-order valence-electron chi connectivity index (χ2n) is 4.15. The molecule has 0 bridgehead atoms. The number of alkyl halides is 3. The maximum atomic E-state index is 12.1. The van der Waals surface area contributed by atoms with E-state index in [4.69, 9.17) is 0 Å². The molecule has 116 valence electrons. The van der Waals surface area contributed by atoms with Crippen molar-refractivity contribution in [1.29, 1.82) is 0 Å². The predicted molar refractivity (Wildman–Crippen MR) is 83.3 cm³/mol. The van der Waals surface area contributed by atoms with Crippen LogP contribution in [0.2, 0.25) is 0 Å². The van der Waals surface area contributed by atoms with Crippen molar-refractivity contribution in [2.75, 3.05) is 30.0 Å². The number of anilines is 2. The van der Waals surface area contributed by atoms with Crippen molar-refractivity contribution < 1.29 is 13.2 Å². The van der Waals surface area contributed by atoms with E-state index in [-0.39, 0.29) is 24.1 Å². The number of aryl methyl sites for hydroxylation is 1. The lowest BCUT2D eigenvalue weighted by Crippen LogP contribution is -2.11. The Morgan fingerprint density at radius 2 is 2.10 bits per heavy atom. The molecular weight excluding hydrogens is 321 g/mol. The van der Waals surface area contributed by atoms with Crippen molar-refractivity contribution in [1.82, 2.24) is 9.97 Å². The number of halogens is 3. The van der Waals surface area contributed by atoms with E-state index < -0.39 is 5.51 Å². The number of hydrogen-bond acceptors (Lipinski definition) is 6. The van der Waals surface area contributed by atoms with Gasteiger partial charge in [0, 0.05) is 24.2 Å². The third-order valence-electron chi connectivity index (χ3n) is 2.68. The van der Waals surface area contributed by atoms with Crippen LogP contribution >= 0.6 is 23.1 Å². The van der Waals surface area contributed by atoms with Gasteiger partial charge in [-0.2, -0.15) is 18.2 Å². The number of rotatable bonds is 6. The summed E-state index contributed by atoms with van der Waals surface area (Å²) in [4.78, 5) is 10.6. The third-order valence-corrected chi connectivity index (χ3v) is 4.58. The fourth-order valence-electron chi connectivity index (χ4n) is 1.73. The summed E-state index contributed by atoms with van der Waals surface area (Å²) in [5.74, 6) is 0.968. The summed E-state index contributed by atoms with van der Waals surface area (Å²) in [7, 11) is 1.71. The lowest BCUT2D eigenvalue weighted by molar-refractivity contribution is -0.0327. The average molecular weight is 336 g/mol. The first kappa shape index (κ1) is 16.2. The number of hydrogen-bond donors (Lipinski definition) is 2. The molecule has 21 heavy (non-hydrogen) atoms. The Hall–Kier alpha value is -1.22. The molecule has 0 saturated heterocycles. The molecule has 0 saturated carbocycles. The highest BCUT2D eigenvalue weighted by molar-refractivity contribution is 8.00. The van der Waals surface area contributed by atoms with Gasteiger partial charge in [-0.1, -0.05) is 6.92 Å². The molecule has 0 amide bonds. The average Bonchev–Trinajstić information content (AvgIpc) is 2.85. The zero-order valence-electron chi connectivity index (χ0n) is 11.5. The van der Waals surface area contributed by atoms with Gasteiger partial charge in [0.15, 0.2) is 0 Å². The van der Waals surface area contributed by atoms with Gasteiger partial charge in [-0.3, -0.25) is 0 Å². The predicted octanol–water partition coefficient (Wildman–Crippen LogP) is 3.96. The smallest absolute Gasteiger partial charge is 0.369 e. The summed E-state index contributed by atoms with van der Waals surface area (Å²) in [6, 6.07) is 1.98. The van der Waals surface area contributed by atoms with Crippen LogP contribution < -0.4 is 10.6 Å². The fourth-order valence-corrected chi connectivity index (χ4v) is 3.13. The van der Waals surface area contributed by atoms with Gasteiger partial charge in [0.25, 0.3) is 0 Å². The van der Waals surface area contributed by atoms with E-state index in [0.29, 0.717) is 11.8 Å². The van der Waals surface area contributed by atoms with Gasteiger partial charge in [-0.25, -0.2) is 4.98 Å². The van der Waals surface area contributed by atoms with E-state index in [1.165, 1.54) is 4.88 Å². The van der Waals surface area contributed by atoms with E-state index >= 15 is 0 Å². The maximum Gasteiger partial charge on any atom is 0.441 e. The van der Waals surface area contributed by atoms with E-state index in [1.807, 2.05) is 13.0 Å². The second kappa shape index (κ2) is 6.69. The van der Waals surface area contributed by atoms with Gasteiger partial charge < -0.3 is 10.6 Å². The van der Waals surface area contributed by atoms with Gasteiger partial charge in [-0.05, 0) is 24.2 Å². The van der Waals surface area contributed by atoms with Crippen LogP contribution in [-0.2, 0) is 6.42 Å². The Balaban J connectivity index is 2.15. The van der Waals surface area contributed by atoms with Crippen molar-refractivity contribution in [2.45, 2.75) is 18.9 Å². The van der Waals surface area contributed by atoms with Gasteiger partial charge >= 0.3 is 5.51 Å². The number of thioether (sulfide) groups is 1. The molecule has 2 aromatic rings. The molecule has 2 heterocycles. The number of fused-ring (bicyclic) bond motifs is 1. The maximum absolute atomic E-state index is 12.1. The molecule has 0 spiro atoms. The summed E-state index contributed by atoms with van der Waals surface area (Å²) >= 11 is 1.53. The zero-order valence-corrected chi connectivity index (χ0v) is 13.2. The highest BCUT2D eigenvalue weighted by atomic mass is 32.2. The van der Waals surface area contributed by atoms with Gasteiger partial charge in [0.2, 0.25) is 5.95 Å². The molecule has 0 aromatic carbocycles. The van der Waals surface area contributed by atoms with Gasteiger partial charge in [0.1, 0.15) is 10.6 Å². The molecule has 0 radical (unpaired) electrons. The first-order valence-corrected chi connectivity index (χ1v) is 8.16. The molecule has 9 heteroatoms. The monoisotopic (exact) mass is 336 g/mol. The Morgan fingerprint density at radius 3 is 2.71 bits per heavy atom. The zero-order chi connectivity index (χ0) is 15.5. The molecule has 4 nitrogen and oxygen atoms in total. The molecule has 0 atom stereocenters. The molecule has 0 unspecified atom stereocenters. The van der Waals surface area contributed by atoms with Crippen molar-refractivity contribution in [2.24, 2.45) is 0 Å². The SMILES string of the molecule is CCc1cc2c(NCCSC(F)(F)F)nc(NC)nc2s1. The third kappa shape index (κ3) is 4.37. The van der Waals surface area contributed by atoms with E-state index in [1.54, 1.807) is 18.4 Å². The topological polar surface area (TPSA) is 49.8 Å². The lowest BCUT2D eigenvalue weighted by Gasteiger charge is -2.09. The Kier molecular flexibility index (Phi) is 5.15. The Bertz CT molecular complexity index is 612. The summed E-state index contributed by atoms with van der Waals surface area (Å²) in [6.07, 6.45) is 0.888. The molecule has 2 aromatic heterocycles. The highest BCUT2D eigenvalue weighted by Crippen LogP contribution is 2.32. The molecule has 0 fully saturated rings. The van der Waals surface area contributed by atoms with Gasteiger partial charge in [0.05, 0.1) is 5.39 Å². The molecular formula is C12H15F3N4S2. The molecule has 2 rings (SSSR count). The number of nitrogens with one attached hydrogen (secondary N) is 2. The van der Waals surface area contributed by atoms with Crippen LogP contribution in [0.1, 0.15) is 11.8 Å². The summed E-state index contributed by atoms with van der Waals surface area (Å²) in [5.41, 5.74) is -4.20. The van der Waals surface area contributed by atoms with Crippen molar-refractivity contribution in [3.8, 4) is 0 Å². The minimum atomic E-state index is -4.20. The lowest BCUT2D eigenvalue weighted by atomic mass is 10.3. The van der Waals surface area contributed by atoms with Crippen molar-refractivity contribution >= 4 is 45.1 Å². The normalized spacial score (nSPS) is 11.9. The van der Waals surface area contributed by atoms with Gasteiger partial charge in [-0.15, -0.1) is 11.3 Å². The first-order valence-electron chi connectivity index (χ1n) is 6.35. The van der Waals surface area contributed by atoms with E-state index in [0.717, 1.165) is 16.6 Å². The molecule has 2 N–H and O–H groups in total. The number of thiophene rings is 1. The summed E-state index contributed by atoms with van der Waals surface area (Å²) in [5, 5.41) is 6.68. The number of aromatic nitrogens is 2. The van der Waals surface area contributed by atoms with Crippen LogP contribution in [0.3, 0.4) is 0 Å². The molecule has 0 aliphatic rings. The van der Waals surface area contributed by atoms with Crippen molar-refractivity contribution in [3.05, 3.63) is 10.9 Å². The quantitative estimate of drug-likeness (QED) is 0.782. The van der Waals surface area contributed by atoms with Crippen LogP contribution in [0.15, 0.2) is 6.07 Å². The highest BCUT2D eigenvalue weighted by Gasteiger charge is 2.27.